The van der Waals surface area contributed by atoms with Crippen LogP contribution in [0.1, 0.15) is 37.9 Å². The molecule has 4 rings (SSSR count). The fourth-order valence-electron chi connectivity index (χ4n) is 4.21. The van der Waals surface area contributed by atoms with Gasteiger partial charge in [0.1, 0.15) is 18.2 Å². The lowest BCUT2D eigenvalue weighted by molar-refractivity contribution is -0.133. The number of nitrogens with zero attached hydrogens (tertiary/aromatic N) is 4. The molecule has 2 heterocycles. The maximum atomic E-state index is 13.8. The molecule has 2 aromatic carbocycles. The highest BCUT2D eigenvalue weighted by molar-refractivity contribution is 6.31. The number of likely N-dealkylation sites (N-methyl/N-ethyl adjacent to an activating group) is 1. The molecule has 1 atom stereocenters. The number of benzene rings is 2. The van der Waals surface area contributed by atoms with Gasteiger partial charge in [-0.2, -0.15) is 0 Å². The van der Waals surface area contributed by atoms with Crippen LogP contribution in [-0.2, 0) is 27.3 Å². The number of amides is 3. The lowest BCUT2D eigenvalue weighted by Gasteiger charge is -2.28. The summed E-state index contributed by atoms with van der Waals surface area (Å²) in [7, 11) is 1.57. The number of rotatable bonds is 12. The molecule has 12 heteroatoms. The minimum absolute atomic E-state index is 0. The van der Waals surface area contributed by atoms with Crippen LogP contribution in [0, 0.1) is 5.82 Å². The van der Waals surface area contributed by atoms with Crippen molar-refractivity contribution in [3.63, 3.8) is 0 Å². The third kappa shape index (κ3) is 9.71. The van der Waals surface area contributed by atoms with E-state index < -0.39 is 18.0 Å². The van der Waals surface area contributed by atoms with Crippen LogP contribution in [0.4, 0.5) is 15.0 Å². The molecule has 0 saturated heterocycles. The summed E-state index contributed by atoms with van der Waals surface area (Å²) in [5.41, 5.74) is 1.12. The molecule has 0 saturated carbocycles. The second-order valence-electron chi connectivity index (χ2n) is 9.52. The van der Waals surface area contributed by atoms with Gasteiger partial charge in [0.25, 0.3) is 0 Å². The van der Waals surface area contributed by atoms with Gasteiger partial charge < -0.3 is 15.0 Å². The summed E-state index contributed by atoms with van der Waals surface area (Å²) in [4.78, 5) is 52.0. The van der Waals surface area contributed by atoms with Crippen LogP contribution in [0.25, 0.3) is 10.8 Å². The number of carbonyl (C=O) groups excluding carboxylic acids is 3. The third-order valence-corrected chi connectivity index (χ3v) is 7.06. The van der Waals surface area contributed by atoms with Crippen molar-refractivity contribution in [1.82, 2.24) is 25.2 Å². The summed E-state index contributed by atoms with van der Waals surface area (Å²) in [6, 6.07) is 13.1. The number of carbonyl (C=O) groups is 3. The van der Waals surface area contributed by atoms with Crippen molar-refractivity contribution in [2.45, 2.75) is 45.7 Å². The Hall–Kier alpha value is -4.64. The van der Waals surface area contributed by atoms with Crippen molar-refractivity contribution >= 4 is 46.1 Å². The molecule has 0 radical (unpaired) electrons. The first-order valence-electron chi connectivity index (χ1n) is 13.3. The summed E-state index contributed by atoms with van der Waals surface area (Å²) >= 11 is 6.04. The van der Waals surface area contributed by atoms with Gasteiger partial charge in [-0.3, -0.25) is 24.9 Å². The first kappa shape index (κ1) is 32.9. The molecule has 0 aliphatic carbocycles. The lowest BCUT2D eigenvalue weighted by Crippen LogP contribution is -2.42. The molecule has 2 aromatic heterocycles. The molecule has 0 fully saturated rings. The van der Waals surface area contributed by atoms with Crippen molar-refractivity contribution in [3.8, 4) is 0 Å². The van der Waals surface area contributed by atoms with Crippen LogP contribution in [0.5, 0.6) is 0 Å². The van der Waals surface area contributed by atoms with Crippen molar-refractivity contribution in [3.05, 3.63) is 95.4 Å². The zero-order valence-electron chi connectivity index (χ0n) is 22.9. The number of hydrogen-bond donors (Lipinski definition) is 2. The average Bonchev–Trinajstić information content (AvgIpc) is 3.00. The van der Waals surface area contributed by atoms with Crippen LogP contribution in [0.2, 0.25) is 5.02 Å². The summed E-state index contributed by atoms with van der Waals surface area (Å²) in [5.74, 6) is -0.779. The van der Waals surface area contributed by atoms with Gasteiger partial charge in [-0.25, -0.2) is 14.2 Å². The van der Waals surface area contributed by atoms with Gasteiger partial charge in [0.15, 0.2) is 0 Å². The number of pyridine rings is 1. The average molecular weight is 609 g/mol. The molecule has 10 nitrogen and oxygen atoms in total. The second kappa shape index (κ2) is 16.1. The van der Waals surface area contributed by atoms with E-state index in [2.05, 4.69) is 25.6 Å². The topological polar surface area (TPSA) is 126 Å². The predicted molar refractivity (Wildman–Crippen MR) is 163 cm³/mol. The highest BCUT2D eigenvalue weighted by Gasteiger charge is 2.23. The number of nitrogens with one attached hydrogen (secondary N) is 2. The first-order valence-corrected chi connectivity index (χ1v) is 13.7. The number of hydrogen-bond acceptors (Lipinski definition) is 7. The number of ether oxygens (including phenoxy) is 1. The molecular formula is C31H34ClFN6O4. The van der Waals surface area contributed by atoms with Gasteiger partial charge in [0.05, 0.1) is 29.5 Å². The van der Waals surface area contributed by atoms with Crippen molar-refractivity contribution < 1.29 is 23.5 Å². The Balaban J connectivity index is 0.00000506. The van der Waals surface area contributed by atoms with Crippen molar-refractivity contribution in [2.75, 3.05) is 19.0 Å². The molecule has 4 aromatic rings. The standard InChI is InChI=1S/C30H30ClFN6O4.CH4/c1-38(28(40)12-9-20-7-4-8-25(32)29(20)31)24(10-11-27(39)36-18-23-17-33-13-14-34-23)19-42-30(41)37-26-15-21-5-2-3-6-22(21)16-35-26;/h2-8,13-17,24H,9-12,18-19H2,1H3,(H,36,39)(H,35,37,41);1H4/t24-;/m0./s1. The Morgan fingerprint density at radius 3 is 2.58 bits per heavy atom. The molecule has 2 N–H and O–H groups in total. The third-order valence-electron chi connectivity index (χ3n) is 6.64. The smallest absolute Gasteiger partial charge is 0.412 e. The highest BCUT2D eigenvalue weighted by atomic mass is 35.5. The quantitative estimate of drug-likeness (QED) is 0.216. The number of halogens is 2. The molecule has 226 valence electrons. The number of fused-ring (bicyclic) bond motifs is 1. The molecule has 0 spiro atoms. The zero-order chi connectivity index (χ0) is 29.9. The monoisotopic (exact) mass is 608 g/mol. The van der Waals surface area contributed by atoms with Gasteiger partial charge in [0.2, 0.25) is 11.8 Å². The molecule has 0 aliphatic rings. The van der Waals surface area contributed by atoms with E-state index in [4.69, 9.17) is 16.3 Å². The lowest BCUT2D eigenvalue weighted by atomic mass is 10.1. The van der Waals surface area contributed by atoms with E-state index in [9.17, 15) is 18.8 Å². The first-order chi connectivity index (χ1) is 20.3. The fraction of sp³-hybridized carbons (Fsp3) is 0.290. The predicted octanol–water partition coefficient (Wildman–Crippen LogP) is 5.56. The maximum absolute atomic E-state index is 13.8. The van der Waals surface area contributed by atoms with Crippen molar-refractivity contribution in [1.29, 1.82) is 0 Å². The maximum Gasteiger partial charge on any atom is 0.412 e. The Kier molecular flexibility index (Phi) is 12.3. The second-order valence-corrected chi connectivity index (χ2v) is 9.90. The van der Waals surface area contributed by atoms with Gasteiger partial charge in [-0.1, -0.05) is 55.4 Å². The van der Waals surface area contributed by atoms with Crippen LogP contribution in [-0.4, -0.2) is 57.5 Å². The Labute approximate surface area is 254 Å². The van der Waals surface area contributed by atoms with Crippen LogP contribution in [0.15, 0.2) is 73.3 Å². The van der Waals surface area contributed by atoms with Gasteiger partial charge >= 0.3 is 6.09 Å². The largest absolute Gasteiger partial charge is 0.447 e. The van der Waals surface area contributed by atoms with E-state index in [0.29, 0.717) is 17.1 Å². The molecule has 0 unspecified atom stereocenters. The van der Waals surface area contributed by atoms with Gasteiger partial charge in [0, 0.05) is 43.9 Å². The van der Waals surface area contributed by atoms with E-state index in [1.54, 1.807) is 31.6 Å². The van der Waals surface area contributed by atoms with Crippen LogP contribution < -0.4 is 10.6 Å². The molecule has 3 amide bonds. The number of anilines is 1. The molecule has 0 bridgehead atoms. The number of aromatic nitrogens is 3. The Bertz CT molecular complexity index is 1540. The van der Waals surface area contributed by atoms with Gasteiger partial charge in [-0.05, 0) is 35.9 Å². The minimum Gasteiger partial charge on any atom is -0.447 e. The SMILES string of the molecule is C.CN(C(=O)CCc1cccc(F)c1Cl)[C@@H](CCC(=O)NCc1cnccn1)COC(=O)Nc1cc2ccccc2cn1. The summed E-state index contributed by atoms with van der Waals surface area (Å²) in [6.07, 6.45) is 6.07. The molecular weight excluding hydrogens is 575 g/mol. The fourth-order valence-corrected chi connectivity index (χ4v) is 4.43. The molecule has 43 heavy (non-hydrogen) atoms. The molecule has 0 aliphatic heterocycles. The zero-order valence-corrected chi connectivity index (χ0v) is 23.7. The van der Waals surface area contributed by atoms with E-state index in [1.165, 1.54) is 29.4 Å². The van der Waals surface area contributed by atoms with E-state index in [-0.39, 0.29) is 63.1 Å². The minimum atomic E-state index is -0.748. The normalized spacial score (nSPS) is 11.2. The summed E-state index contributed by atoms with van der Waals surface area (Å²) in [6.45, 7) is 0.0397. The Morgan fingerprint density at radius 2 is 1.81 bits per heavy atom. The van der Waals surface area contributed by atoms with Crippen LogP contribution in [0.3, 0.4) is 0 Å². The van der Waals surface area contributed by atoms with E-state index in [0.717, 1.165) is 10.8 Å². The van der Waals surface area contributed by atoms with Gasteiger partial charge in [-0.15, -0.1) is 0 Å². The highest BCUT2D eigenvalue weighted by Crippen LogP contribution is 2.22. The Morgan fingerprint density at radius 1 is 1.02 bits per heavy atom. The van der Waals surface area contributed by atoms with Crippen molar-refractivity contribution in [2.24, 2.45) is 0 Å². The summed E-state index contributed by atoms with van der Waals surface area (Å²) < 4.78 is 19.3. The number of aryl methyl sites for hydroxylation is 1. The summed E-state index contributed by atoms with van der Waals surface area (Å²) in [5, 5.41) is 7.17. The van der Waals surface area contributed by atoms with Crippen LogP contribution >= 0.6 is 11.6 Å². The van der Waals surface area contributed by atoms with E-state index >= 15 is 0 Å². The van der Waals surface area contributed by atoms with E-state index in [1.807, 2.05) is 24.3 Å².